The normalized spacial score (nSPS) is 19.1. The first-order valence-corrected chi connectivity index (χ1v) is 8.50. The quantitative estimate of drug-likeness (QED) is 0.700. The number of rotatable bonds is 0. The van der Waals surface area contributed by atoms with Gasteiger partial charge in [-0.3, -0.25) is 0 Å². The number of hydrogen-bond donors (Lipinski definition) is 0. The van der Waals surface area contributed by atoms with Crippen molar-refractivity contribution in [3.63, 3.8) is 0 Å². The summed E-state index contributed by atoms with van der Waals surface area (Å²) >= 11 is 0. The van der Waals surface area contributed by atoms with Gasteiger partial charge in [0, 0.05) is 18.5 Å². The highest BCUT2D eigenvalue weighted by Gasteiger charge is 2.41. The molecule has 2 aliphatic rings. The zero-order chi connectivity index (χ0) is 16.8. The molecule has 0 N–H and O–H groups in total. The number of carbonyl (C=O) groups is 1. The van der Waals surface area contributed by atoms with Crippen LogP contribution in [0.4, 0.5) is 4.79 Å². The molecule has 1 aromatic carbocycles. The second-order valence-electron chi connectivity index (χ2n) is 7.94. The van der Waals surface area contributed by atoms with Crippen LogP contribution in [0, 0.1) is 13.8 Å². The highest BCUT2D eigenvalue weighted by Crippen LogP contribution is 2.46. The maximum absolute atomic E-state index is 12.3. The van der Waals surface area contributed by atoms with Gasteiger partial charge in [-0.2, -0.15) is 0 Å². The molecular formula is C20H27NO2. The second kappa shape index (κ2) is 5.40. The van der Waals surface area contributed by atoms with Gasteiger partial charge in [0.15, 0.2) is 0 Å². The molecule has 0 aromatic heterocycles. The van der Waals surface area contributed by atoms with Gasteiger partial charge in [0.25, 0.3) is 0 Å². The Morgan fingerprint density at radius 1 is 1.13 bits per heavy atom. The van der Waals surface area contributed by atoms with Crippen molar-refractivity contribution in [2.75, 3.05) is 13.1 Å². The molecule has 3 heteroatoms. The van der Waals surface area contributed by atoms with Gasteiger partial charge >= 0.3 is 6.09 Å². The van der Waals surface area contributed by atoms with Gasteiger partial charge in [0.05, 0.1) is 0 Å². The number of ether oxygens (including phenoxy) is 1. The summed E-state index contributed by atoms with van der Waals surface area (Å²) in [5, 5.41) is 0. The van der Waals surface area contributed by atoms with Crippen molar-refractivity contribution < 1.29 is 9.53 Å². The van der Waals surface area contributed by atoms with Crippen LogP contribution in [-0.4, -0.2) is 29.7 Å². The largest absolute Gasteiger partial charge is 0.444 e. The molecule has 1 saturated heterocycles. The lowest BCUT2D eigenvalue weighted by Crippen LogP contribution is -2.46. The Hall–Kier alpha value is -1.77. The van der Waals surface area contributed by atoms with E-state index >= 15 is 0 Å². The van der Waals surface area contributed by atoms with Crippen LogP contribution in [0.3, 0.4) is 0 Å². The van der Waals surface area contributed by atoms with E-state index in [2.05, 4.69) is 38.1 Å². The van der Waals surface area contributed by atoms with E-state index in [0.717, 1.165) is 25.9 Å². The molecule has 0 saturated carbocycles. The van der Waals surface area contributed by atoms with Crippen LogP contribution in [0.15, 0.2) is 18.2 Å². The van der Waals surface area contributed by atoms with Gasteiger partial charge in [-0.05, 0) is 69.7 Å². The van der Waals surface area contributed by atoms with Crippen LogP contribution in [0.5, 0.6) is 0 Å². The van der Waals surface area contributed by atoms with E-state index in [1.54, 1.807) is 0 Å². The highest BCUT2D eigenvalue weighted by molar-refractivity contribution is 5.71. The molecule has 3 rings (SSSR count). The molecule has 1 heterocycles. The first kappa shape index (κ1) is 16.1. The average molecular weight is 313 g/mol. The summed E-state index contributed by atoms with van der Waals surface area (Å²) in [4.78, 5) is 14.1. The van der Waals surface area contributed by atoms with Crippen molar-refractivity contribution >= 4 is 12.2 Å². The number of nitrogens with zero attached hydrogens (tertiary/aromatic N) is 1. The minimum Gasteiger partial charge on any atom is -0.444 e. The number of allylic oxidation sites excluding steroid dienone is 1. The van der Waals surface area contributed by atoms with E-state index in [0.29, 0.717) is 0 Å². The zero-order valence-electron chi connectivity index (χ0n) is 14.9. The fourth-order valence-corrected chi connectivity index (χ4v) is 3.87. The van der Waals surface area contributed by atoms with Crippen molar-refractivity contribution in [3.05, 3.63) is 40.5 Å². The van der Waals surface area contributed by atoms with Gasteiger partial charge in [-0.15, -0.1) is 0 Å². The summed E-state index contributed by atoms with van der Waals surface area (Å²) in [6.07, 6.45) is 6.40. The van der Waals surface area contributed by atoms with Gasteiger partial charge in [-0.25, -0.2) is 4.79 Å². The number of carbonyl (C=O) groups excluding carboxylic acids is 1. The van der Waals surface area contributed by atoms with Crippen molar-refractivity contribution in [1.29, 1.82) is 0 Å². The molecule has 124 valence electrons. The van der Waals surface area contributed by atoms with Gasteiger partial charge in [0.1, 0.15) is 5.60 Å². The minimum absolute atomic E-state index is 0.101. The number of hydrogen-bond acceptors (Lipinski definition) is 2. The summed E-state index contributed by atoms with van der Waals surface area (Å²) in [7, 11) is 0. The van der Waals surface area contributed by atoms with Crippen molar-refractivity contribution in [3.8, 4) is 0 Å². The minimum atomic E-state index is -0.431. The summed E-state index contributed by atoms with van der Waals surface area (Å²) in [6.45, 7) is 11.6. The van der Waals surface area contributed by atoms with E-state index in [1.165, 1.54) is 22.3 Å². The smallest absolute Gasteiger partial charge is 0.410 e. The molecule has 1 amide bonds. The first-order valence-electron chi connectivity index (χ1n) is 8.50. The van der Waals surface area contributed by atoms with Gasteiger partial charge < -0.3 is 9.64 Å². The predicted octanol–water partition coefficient (Wildman–Crippen LogP) is 4.60. The van der Waals surface area contributed by atoms with Crippen LogP contribution in [-0.2, 0) is 10.2 Å². The summed E-state index contributed by atoms with van der Waals surface area (Å²) in [5.41, 5.74) is 5.23. The number of piperidine rings is 1. The molecule has 1 spiro atoms. The number of benzene rings is 1. The maximum Gasteiger partial charge on any atom is 0.410 e. The van der Waals surface area contributed by atoms with Crippen LogP contribution in [0.25, 0.3) is 6.08 Å². The monoisotopic (exact) mass is 313 g/mol. The van der Waals surface area contributed by atoms with Crippen molar-refractivity contribution in [2.45, 2.75) is 58.5 Å². The van der Waals surface area contributed by atoms with Crippen LogP contribution >= 0.6 is 0 Å². The molecule has 0 atom stereocenters. The summed E-state index contributed by atoms with van der Waals surface area (Å²) in [6, 6.07) is 4.43. The van der Waals surface area contributed by atoms with Crippen LogP contribution in [0.1, 0.15) is 55.9 Å². The highest BCUT2D eigenvalue weighted by atomic mass is 16.6. The molecule has 1 aromatic rings. The molecule has 23 heavy (non-hydrogen) atoms. The third-order valence-corrected chi connectivity index (χ3v) is 5.05. The van der Waals surface area contributed by atoms with E-state index in [1.807, 2.05) is 25.7 Å². The molecule has 0 radical (unpaired) electrons. The Labute approximate surface area is 139 Å². The van der Waals surface area contributed by atoms with Crippen molar-refractivity contribution in [2.24, 2.45) is 0 Å². The fourth-order valence-electron chi connectivity index (χ4n) is 3.87. The van der Waals surface area contributed by atoms with Gasteiger partial charge in [-0.1, -0.05) is 24.3 Å². The van der Waals surface area contributed by atoms with Crippen LogP contribution in [0.2, 0.25) is 0 Å². The van der Waals surface area contributed by atoms with Gasteiger partial charge in [0.2, 0.25) is 0 Å². The zero-order valence-corrected chi connectivity index (χ0v) is 14.9. The Balaban J connectivity index is 1.78. The number of aryl methyl sites for hydroxylation is 2. The Morgan fingerprint density at radius 2 is 1.74 bits per heavy atom. The average Bonchev–Trinajstić information content (AvgIpc) is 2.82. The fraction of sp³-hybridized carbons (Fsp3) is 0.550. The maximum atomic E-state index is 12.3. The number of amides is 1. The third-order valence-electron chi connectivity index (χ3n) is 5.05. The van der Waals surface area contributed by atoms with E-state index < -0.39 is 5.60 Å². The van der Waals surface area contributed by atoms with E-state index in [4.69, 9.17) is 4.74 Å². The van der Waals surface area contributed by atoms with Crippen LogP contribution < -0.4 is 0 Å². The Bertz CT molecular complexity index is 659. The summed E-state index contributed by atoms with van der Waals surface area (Å²) in [5.74, 6) is 0. The molecule has 1 aliphatic heterocycles. The molecule has 0 unspecified atom stereocenters. The Kier molecular flexibility index (Phi) is 3.78. The molecule has 0 bridgehead atoms. The SMILES string of the molecule is Cc1ccc(C)c2c1C=CC21CCN(C(=O)OC(C)(C)C)CC1. The molecule has 1 fully saturated rings. The van der Waals surface area contributed by atoms with E-state index in [-0.39, 0.29) is 11.5 Å². The van der Waals surface area contributed by atoms with Crippen molar-refractivity contribution in [1.82, 2.24) is 4.90 Å². The molecular weight excluding hydrogens is 286 g/mol. The lowest BCUT2D eigenvalue weighted by atomic mass is 9.72. The number of fused-ring (bicyclic) bond motifs is 2. The standard InChI is InChI=1S/C20H27NO2/c1-14-6-7-15(2)17-16(14)8-9-20(17)10-12-21(13-11-20)18(22)23-19(3,4)5/h6-9H,10-13H2,1-5H3. The third kappa shape index (κ3) is 2.89. The first-order chi connectivity index (χ1) is 10.7. The predicted molar refractivity (Wildman–Crippen MR) is 93.7 cm³/mol. The second-order valence-corrected chi connectivity index (χ2v) is 7.94. The lowest BCUT2D eigenvalue weighted by Gasteiger charge is -2.40. The summed E-state index contributed by atoms with van der Waals surface area (Å²) < 4.78 is 5.51. The topological polar surface area (TPSA) is 29.5 Å². The molecule has 3 nitrogen and oxygen atoms in total. The van der Waals surface area contributed by atoms with E-state index in [9.17, 15) is 4.79 Å². The molecule has 1 aliphatic carbocycles. The number of likely N-dealkylation sites (tertiary alicyclic amines) is 1. The Morgan fingerprint density at radius 3 is 2.35 bits per heavy atom. The lowest BCUT2D eigenvalue weighted by molar-refractivity contribution is 0.0184.